The SMILES string of the molecule is NNc1ncnc(Oc2ccccc2Cl)c1Br. The lowest BCUT2D eigenvalue weighted by atomic mass is 10.3. The number of halogens is 2. The van der Waals surface area contributed by atoms with E-state index in [0.29, 0.717) is 26.9 Å². The van der Waals surface area contributed by atoms with Gasteiger partial charge >= 0.3 is 0 Å². The van der Waals surface area contributed by atoms with E-state index in [4.69, 9.17) is 22.2 Å². The number of hydrogen-bond donors (Lipinski definition) is 2. The van der Waals surface area contributed by atoms with E-state index < -0.39 is 0 Å². The first-order valence-corrected chi connectivity index (χ1v) is 5.79. The van der Waals surface area contributed by atoms with Crippen LogP contribution in [0.25, 0.3) is 0 Å². The van der Waals surface area contributed by atoms with Crippen LogP contribution in [0.2, 0.25) is 5.02 Å². The van der Waals surface area contributed by atoms with E-state index in [1.807, 2.05) is 12.1 Å². The summed E-state index contributed by atoms with van der Waals surface area (Å²) in [4.78, 5) is 7.90. The largest absolute Gasteiger partial charge is 0.436 e. The number of aromatic nitrogens is 2. The second-order valence-corrected chi connectivity index (χ2v) is 4.22. The van der Waals surface area contributed by atoms with Gasteiger partial charge in [0.2, 0.25) is 5.88 Å². The van der Waals surface area contributed by atoms with Crippen LogP contribution in [-0.4, -0.2) is 9.97 Å². The lowest BCUT2D eigenvalue weighted by Gasteiger charge is -2.09. The van der Waals surface area contributed by atoms with Crippen LogP contribution >= 0.6 is 27.5 Å². The molecule has 0 radical (unpaired) electrons. The van der Waals surface area contributed by atoms with Crippen molar-refractivity contribution in [3.05, 3.63) is 40.1 Å². The van der Waals surface area contributed by atoms with Crippen molar-refractivity contribution >= 4 is 33.3 Å². The Morgan fingerprint density at radius 2 is 2.06 bits per heavy atom. The molecule has 5 nitrogen and oxygen atoms in total. The Balaban J connectivity index is 2.34. The molecule has 0 fully saturated rings. The van der Waals surface area contributed by atoms with Crippen LogP contribution in [0.4, 0.5) is 5.82 Å². The summed E-state index contributed by atoms with van der Waals surface area (Å²) < 4.78 is 6.09. The molecule has 1 heterocycles. The Hall–Kier alpha value is -1.37. The van der Waals surface area contributed by atoms with E-state index in [-0.39, 0.29) is 0 Å². The molecule has 0 atom stereocenters. The van der Waals surface area contributed by atoms with Crippen LogP contribution < -0.4 is 16.0 Å². The molecule has 2 rings (SSSR count). The zero-order valence-corrected chi connectivity index (χ0v) is 10.9. The first-order chi connectivity index (χ1) is 8.22. The smallest absolute Gasteiger partial charge is 0.239 e. The third kappa shape index (κ3) is 2.66. The highest BCUT2D eigenvalue weighted by Gasteiger charge is 2.11. The molecule has 1 aromatic heterocycles. The molecule has 0 aliphatic rings. The van der Waals surface area contributed by atoms with Gasteiger partial charge in [-0.2, -0.15) is 0 Å². The number of para-hydroxylation sites is 1. The van der Waals surface area contributed by atoms with Gasteiger partial charge in [0, 0.05) is 0 Å². The Morgan fingerprint density at radius 3 is 2.76 bits per heavy atom. The third-order valence-electron chi connectivity index (χ3n) is 1.94. The van der Waals surface area contributed by atoms with E-state index in [0.717, 1.165) is 0 Å². The minimum absolute atomic E-state index is 0.334. The van der Waals surface area contributed by atoms with Crippen molar-refractivity contribution in [2.45, 2.75) is 0 Å². The number of ether oxygens (including phenoxy) is 1. The fourth-order valence-electron chi connectivity index (χ4n) is 1.16. The maximum absolute atomic E-state index is 5.98. The molecule has 17 heavy (non-hydrogen) atoms. The topological polar surface area (TPSA) is 73.1 Å². The highest BCUT2D eigenvalue weighted by molar-refractivity contribution is 9.10. The number of nitrogens with one attached hydrogen (secondary N) is 1. The standard InChI is InChI=1S/C10H8BrClN4O/c11-8-9(16-13)14-5-15-10(8)17-7-4-2-1-3-6(7)12/h1-5H,13H2,(H,14,15,16). The fraction of sp³-hybridized carbons (Fsp3) is 0. The first-order valence-electron chi connectivity index (χ1n) is 4.62. The lowest BCUT2D eigenvalue weighted by Crippen LogP contribution is -2.09. The van der Waals surface area contributed by atoms with Crippen molar-refractivity contribution < 1.29 is 4.74 Å². The van der Waals surface area contributed by atoms with Crippen LogP contribution in [0.1, 0.15) is 0 Å². The normalized spacial score (nSPS) is 10.1. The predicted octanol–water partition coefficient (Wildman–Crippen LogP) is 2.97. The monoisotopic (exact) mass is 314 g/mol. The number of nitrogen functional groups attached to an aromatic ring is 1. The van der Waals surface area contributed by atoms with Crippen LogP contribution in [0.5, 0.6) is 11.6 Å². The summed E-state index contributed by atoms with van der Waals surface area (Å²) in [6.45, 7) is 0. The average Bonchev–Trinajstić information content (AvgIpc) is 2.34. The zero-order chi connectivity index (χ0) is 12.3. The zero-order valence-electron chi connectivity index (χ0n) is 8.52. The van der Waals surface area contributed by atoms with Gasteiger partial charge in [0.15, 0.2) is 5.82 Å². The van der Waals surface area contributed by atoms with Gasteiger partial charge < -0.3 is 10.2 Å². The first kappa shape index (κ1) is 12.1. The van der Waals surface area contributed by atoms with E-state index >= 15 is 0 Å². The van der Waals surface area contributed by atoms with E-state index in [1.165, 1.54) is 6.33 Å². The third-order valence-corrected chi connectivity index (χ3v) is 2.96. The summed E-state index contributed by atoms with van der Waals surface area (Å²) in [5.74, 6) is 6.57. The highest BCUT2D eigenvalue weighted by atomic mass is 79.9. The molecule has 88 valence electrons. The molecular weight excluding hydrogens is 307 g/mol. The number of hydrogen-bond acceptors (Lipinski definition) is 5. The van der Waals surface area contributed by atoms with Crippen LogP contribution in [0.15, 0.2) is 35.1 Å². The summed E-state index contributed by atoms with van der Waals surface area (Å²) in [6.07, 6.45) is 1.34. The quantitative estimate of drug-likeness (QED) is 0.673. The summed E-state index contributed by atoms with van der Waals surface area (Å²) in [5.41, 5.74) is 2.43. The number of rotatable bonds is 3. The molecule has 0 saturated carbocycles. The molecular formula is C10H8BrClN4O. The van der Waals surface area contributed by atoms with Crippen LogP contribution in [-0.2, 0) is 0 Å². The number of hydrazine groups is 1. The molecule has 7 heteroatoms. The summed E-state index contributed by atoms with van der Waals surface area (Å²) in [6, 6.07) is 7.11. The molecule has 0 unspecified atom stereocenters. The summed E-state index contributed by atoms with van der Waals surface area (Å²) >= 11 is 9.26. The second-order valence-electron chi connectivity index (χ2n) is 3.02. The minimum atomic E-state index is 0.334. The van der Waals surface area contributed by atoms with Gasteiger partial charge in [-0.05, 0) is 28.1 Å². The van der Waals surface area contributed by atoms with Crippen molar-refractivity contribution in [1.82, 2.24) is 9.97 Å². The maximum atomic E-state index is 5.98. The number of nitrogens with zero attached hydrogens (tertiary/aromatic N) is 2. The Bertz CT molecular complexity index is 537. The van der Waals surface area contributed by atoms with E-state index in [2.05, 4.69) is 31.3 Å². The van der Waals surface area contributed by atoms with Gasteiger partial charge in [0.05, 0.1) is 5.02 Å². The predicted molar refractivity (Wildman–Crippen MR) is 69.1 cm³/mol. The van der Waals surface area contributed by atoms with Crippen molar-refractivity contribution in [3.8, 4) is 11.6 Å². The van der Waals surface area contributed by atoms with Crippen molar-refractivity contribution in [2.75, 3.05) is 5.43 Å². The number of anilines is 1. The van der Waals surface area contributed by atoms with Crippen LogP contribution in [0.3, 0.4) is 0 Å². The van der Waals surface area contributed by atoms with Gasteiger partial charge in [-0.3, -0.25) is 0 Å². The van der Waals surface area contributed by atoms with Gasteiger partial charge in [-0.15, -0.1) is 0 Å². The second kappa shape index (κ2) is 5.31. The fourth-order valence-corrected chi connectivity index (χ4v) is 1.73. The van der Waals surface area contributed by atoms with Gasteiger partial charge in [-0.25, -0.2) is 15.8 Å². The minimum Gasteiger partial charge on any atom is -0.436 e. The molecule has 3 N–H and O–H groups in total. The molecule has 0 aliphatic carbocycles. The van der Waals surface area contributed by atoms with Crippen molar-refractivity contribution in [1.29, 1.82) is 0 Å². The average molecular weight is 316 g/mol. The highest BCUT2D eigenvalue weighted by Crippen LogP contribution is 2.34. The Kier molecular flexibility index (Phi) is 3.78. The molecule has 0 aliphatic heterocycles. The molecule has 0 amide bonds. The van der Waals surface area contributed by atoms with E-state index in [1.54, 1.807) is 12.1 Å². The van der Waals surface area contributed by atoms with Crippen molar-refractivity contribution in [3.63, 3.8) is 0 Å². The molecule has 1 aromatic carbocycles. The van der Waals surface area contributed by atoms with Gasteiger partial charge in [-0.1, -0.05) is 23.7 Å². The van der Waals surface area contributed by atoms with E-state index in [9.17, 15) is 0 Å². The Labute approximate surface area is 111 Å². The van der Waals surface area contributed by atoms with Crippen LogP contribution in [0, 0.1) is 0 Å². The summed E-state index contributed by atoms with van der Waals surface area (Å²) in [5, 5.41) is 0.500. The molecule has 0 bridgehead atoms. The Morgan fingerprint density at radius 1 is 1.29 bits per heavy atom. The number of benzene rings is 1. The number of nitrogens with two attached hydrogens (primary N) is 1. The lowest BCUT2D eigenvalue weighted by molar-refractivity contribution is 0.458. The maximum Gasteiger partial charge on any atom is 0.239 e. The molecule has 2 aromatic rings. The van der Waals surface area contributed by atoms with Gasteiger partial charge in [0.25, 0.3) is 0 Å². The van der Waals surface area contributed by atoms with Gasteiger partial charge in [0.1, 0.15) is 16.5 Å². The molecule has 0 spiro atoms. The molecule has 0 saturated heterocycles. The van der Waals surface area contributed by atoms with Crippen molar-refractivity contribution in [2.24, 2.45) is 5.84 Å². The summed E-state index contributed by atoms with van der Waals surface area (Å²) in [7, 11) is 0.